The summed E-state index contributed by atoms with van der Waals surface area (Å²) >= 11 is 15.5. The van der Waals surface area contributed by atoms with Gasteiger partial charge in [0.15, 0.2) is 0 Å². The van der Waals surface area contributed by atoms with E-state index in [2.05, 4.69) is 21.2 Å². The van der Waals surface area contributed by atoms with Crippen molar-refractivity contribution >= 4 is 45.0 Å². The molecule has 21 heavy (non-hydrogen) atoms. The fourth-order valence-corrected chi connectivity index (χ4v) is 3.92. The van der Waals surface area contributed by atoms with Gasteiger partial charge in [-0.15, -0.1) is 0 Å². The summed E-state index contributed by atoms with van der Waals surface area (Å²) in [4.78, 5) is 12.1. The van der Waals surface area contributed by atoms with Crippen molar-refractivity contribution in [3.63, 3.8) is 0 Å². The molecule has 0 bridgehead atoms. The third kappa shape index (κ3) is 4.87. The molecule has 2 nitrogen and oxygen atoms in total. The Bertz CT molecular complexity index is 501. The van der Waals surface area contributed by atoms with Crippen LogP contribution in [0.3, 0.4) is 0 Å². The average molecular weight is 393 g/mol. The third-order valence-electron chi connectivity index (χ3n) is 4.21. The zero-order chi connectivity index (χ0) is 15.3. The molecule has 2 rings (SSSR count). The Kier molecular flexibility index (Phi) is 6.39. The summed E-state index contributed by atoms with van der Waals surface area (Å²) in [6.45, 7) is 0.748. The minimum Gasteiger partial charge on any atom is -0.355 e. The fraction of sp³-hybridized carbons (Fsp3) is 0.562. The number of hydrogen-bond acceptors (Lipinski definition) is 1. The number of carbonyl (C=O) groups excluding carboxylic acids is 1. The molecule has 0 radical (unpaired) electrons. The van der Waals surface area contributed by atoms with Crippen LogP contribution in [-0.4, -0.2) is 17.8 Å². The van der Waals surface area contributed by atoms with Gasteiger partial charge in [0.1, 0.15) is 0 Å². The normalized spacial score (nSPS) is 17.5. The first-order valence-electron chi connectivity index (χ1n) is 7.31. The van der Waals surface area contributed by atoms with Gasteiger partial charge in [0.25, 0.3) is 0 Å². The Morgan fingerprint density at radius 3 is 2.52 bits per heavy atom. The number of amides is 1. The van der Waals surface area contributed by atoms with Gasteiger partial charge in [0.05, 0.1) is 16.5 Å². The minimum absolute atomic E-state index is 0.0410. The first-order valence-corrected chi connectivity index (χ1v) is 9.19. The monoisotopic (exact) mass is 391 g/mol. The van der Waals surface area contributed by atoms with Gasteiger partial charge in [-0.05, 0) is 36.0 Å². The Morgan fingerprint density at radius 1 is 1.19 bits per heavy atom. The van der Waals surface area contributed by atoms with Gasteiger partial charge in [0, 0.05) is 11.9 Å². The number of rotatable bonds is 5. The molecule has 1 aliphatic rings. The Hall–Kier alpha value is -0.250. The van der Waals surface area contributed by atoms with Crippen molar-refractivity contribution in [3.8, 4) is 0 Å². The van der Waals surface area contributed by atoms with Crippen molar-refractivity contribution in [1.82, 2.24) is 5.32 Å². The van der Waals surface area contributed by atoms with E-state index in [1.54, 1.807) is 12.1 Å². The molecule has 0 aromatic heterocycles. The fourth-order valence-electron chi connectivity index (χ4n) is 2.84. The van der Waals surface area contributed by atoms with Crippen LogP contribution in [0.5, 0.6) is 0 Å². The van der Waals surface area contributed by atoms with E-state index in [9.17, 15) is 4.79 Å². The van der Waals surface area contributed by atoms with Crippen LogP contribution < -0.4 is 5.32 Å². The van der Waals surface area contributed by atoms with E-state index < -0.39 is 0 Å². The lowest BCUT2D eigenvalue weighted by atomic mass is 9.75. The lowest BCUT2D eigenvalue weighted by molar-refractivity contribution is -0.121. The van der Waals surface area contributed by atoms with E-state index in [0.717, 1.165) is 17.4 Å². The molecule has 5 heteroatoms. The standard InChI is InChI=1S/C16H20BrCl2NO/c17-10-16(6-2-1-3-7-16)11-20-15(21)9-12-4-5-13(18)14(19)8-12/h4-5,8H,1-3,6-7,9-11H2,(H,20,21). The van der Waals surface area contributed by atoms with Crippen LogP contribution in [-0.2, 0) is 11.2 Å². The van der Waals surface area contributed by atoms with E-state index in [-0.39, 0.29) is 11.3 Å². The van der Waals surface area contributed by atoms with Gasteiger partial charge in [-0.25, -0.2) is 0 Å². The van der Waals surface area contributed by atoms with Crippen molar-refractivity contribution in [3.05, 3.63) is 33.8 Å². The van der Waals surface area contributed by atoms with Crippen LogP contribution in [0, 0.1) is 5.41 Å². The number of halogens is 3. The van der Waals surface area contributed by atoms with E-state index in [0.29, 0.717) is 16.5 Å². The Balaban J connectivity index is 1.87. The maximum atomic E-state index is 12.1. The summed E-state index contributed by atoms with van der Waals surface area (Å²) in [6.07, 6.45) is 6.54. The molecule has 0 spiro atoms. The average Bonchev–Trinajstić information content (AvgIpc) is 2.50. The number of hydrogen-bond donors (Lipinski definition) is 1. The van der Waals surface area contributed by atoms with Crippen LogP contribution in [0.15, 0.2) is 18.2 Å². The highest BCUT2D eigenvalue weighted by Gasteiger charge is 2.31. The van der Waals surface area contributed by atoms with E-state index in [1.165, 1.54) is 32.1 Å². The highest BCUT2D eigenvalue weighted by molar-refractivity contribution is 9.09. The molecule has 0 aliphatic heterocycles. The highest BCUT2D eigenvalue weighted by Crippen LogP contribution is 2.37. The zero-order valence-corrected chi connectivity index (χ0v) is 15.0. The molecule has 0 heterocycles. The molecule has 1 fully saturated rings. The molecule has 1 N–H and O–H groups in total. The maximum Gasteiger partial charge on any atom is 0.224 e. The molecule has 116 valence electrons. The van der Waals surface area contributed by atoms with Crippen molar-refractivity contribution < 1.29 is 4.79 Å². The SMILES string of the molecule is O=C(Cc1ccc(Cl)c(Cl)c1)NCC1(CBr)CCCCC1. The second-order valence-electron chi connectivity index (χ2n) is 5.90. The van der Waals surface area contributed by atoms with E-state index in [4.69, 9.17) is 23.2 Å². The van der Waals surface area contributed by atoms with E-state index >= 15 is 0 Å². The first-order chi connectivity index (χ1) is 10.0. The van der Waals surface area contributed by atoms with Crippen molar-refractivity contribution in [2.45, 2.75) is 38.5 Å². The summed E-state index contributed by atoms with van der Waals surface area (Å²) in [5, 5.41) is 5.04. The summed E-state index contributed by atoms with van der Waals surface area (Å²) in [5.41, 5.74) is 1.12. The predicted octanol–water partition coefficient (Wildman–Crippen LogP) is 5.00. The lowest BCUT2D eigenvalue weighted by Gasteiger charge is -2.35. The summed E-state index contributed by atoms with van der Waals surface area (Å²) in [5.74, 6) is 0.0410. The number of carbonyl (C=O) groups is 1. The molecule has 0 unspecified atom stereocenters. The van der Waals surface area contributed by atoms with E-state index in [1.807, 2.05) is 6.07 Å². The van der Waals surface area contributed by atoms with Gasteiger partial charge in [-0.1, -0.05) is 64.5 Å². The molecule has 0 saturated heterocycles. The summed E-state index contributed by atoms with van der Waals surface area (Å²) in [7, 11) is 0. The molecular formula is C16H20BrCl2NO. The quantitative estimate of drug-likeness (QED) is 0.702. The van der Waals surface area contributed by atoms with Gasteiger partial charge >= 0.3 is 0 Å². The number of alkyl halides is 1. The summed E-state index contributed by atoms with van der Waals surface area (Å²) < 4.78 is 0. The van der Waals surface area contributed by atoms with Gasteiger partial charge < -0.3 is 5.32 Å². The molecule has 1 aromatic carbocycles. The lowest BCUT2D eigenvalue weighted by Crippen LogP contribution is -2.40. The smallest absolute Gasteiger partial charge is 0.224 e. The van der Waals surface area contributed by atoms with Gasteiger partial charge in [-0.3, -0.25) is 4.79 Å². The van der Waals surface area contributed by atoms with Crippen LogP contribution >= 0.6 is 39.1 Å². The molecular weight excluding hydrogens is 373 g/mol. The molecule has 1 aliphatic carbocycles. The number of benzene rings is 1. The van der Waals surface area contributed by atoms with Crippen molar-refractivity contribution in [2.24, 2.45) is 5.41 Å². The van der Waals surface area contributed by atoms with Crippen LogP contribution in [0.2, 0.25) is 10.0 Å². The predicted molar refractivity (Wildman–Crippen MR) is 92.5 cm³/mol. The topological polar surface area (TPSA) is 29.1 Å². The second kappa shape index (κ2) is 7.85. The number of nitrogens with one attached hydrogen (secondary N) is 1. The Morgan fingerprint density at radius 2 is 1.90 bits per heavy atom. The highest BCUT2D eigenvalue weighted by atomic mass is 79.9. The molecule has 1 aromatic rings. The largest absolute Gasteiger partial charge is 0.355 e. The third-order valence-corrected chi connectivity index (χ3v) is 6.14. The van der Waals surface area contributed by atoms with Crippen LogP contribution in [0.4, 0.5) is 0 Å². The first kappa shape index (κ1) is 17.1. The Labute approximate surface area is 144 Å². The minimum atomic E-state index is 0.0410. The molecule has 1 saturated carbocycles. The van der Waals surface area contributed by atoms with Gasteiger partial charge in [-0.2, -0.15) is 0 Å². The van der Waals surface area contributed by atoms with Crippen LogP contribution in [0.25, 0.3) is 0 Å². The molecule has 1 amide bonds. The zero-order valence-electron chi connectivity index (χ0n) is 11.9. The van der Waals surface area contributed by atoms with Crippen LogP contribution in [0.1, 0.15) is 37.7 Å². The maximum absolute atomic E-state index is 12.1. The van der Waals surface area contributed by atoms with Crippen molar-refractivity contribution in [1.29, 1.82) is 0 Å². The van der Waals surface area contributed by atoms with Gasteiger partial charge in [0.2, 0.25) is 5.91 Å². The second-order valence-corrected chi connectivity index (χ2v) is 7.27. The molecule has 0 atom stereocenters. The summed E-state index contributed by atoms with van der Waals surface area (Å²) in [6, 6.07) is 5.33. The van der Waals surface area contributed by atoms with Crippen molar-refractivity contribution in [2.75, 3.05) is 11.9 Å².